The first-order valence-electron chi connectivity index (χ1n) is 5.91. The Bertz CT molecular complexity index is 253. The molecule has 0 aromatic carbocycles. The van der Waals surface area contributed by atoms with Crippen LogP contribution in [0.25, 0.3) is 0 Å². The van der Waals surface area contributed by atoms with Crippen LogP contribution in [-0.2, 0) is 9.47 Å². The van der Waals surface area contributed by atoms with E-state index < -0.39 is 0 Å². The lowest BCUT2D eigenvalue weighted by Gasteiger charge is -2.47. The molecule has 3 rings (SSSR count). The third-order valence-electron chi connectivity index (χ3n) is 4.85. The van der Waals surface area contributed by atoms with Crippen molar-refractivity contribution in [2.45, 2.75) is 64.4 Å². The van der Waals surface area contributed by atoms with Crippen LogP contribution in [0.3, 0.4) is 0 Å². The fourth-order valence-electron chi connectivity index (χ4n) is 3.60. The summed E-state index contributed by atoms with van der Waals surface area (Å²) in [7, 11) is 0. The second kappa shape index (κ2) is 2.53. The Morgan fingerprint density at radius 3 is 2.07 bits per heavy atom. The molecule has 1 spiro atoms. The highest BCUT2D eigenvalue weighted by Crippen LogP contribution is 2.64. The van der Waals surface area contributed by atoms with Crippen LogP contribution in [0.15, 0.2) is 0 Å². The van der Waals surface area contributed by atoms with Crippen molar-refractivity contribution < 1.29 is 9.47 Å². The number of hydrogen-bond donors (Lipinski definition) is 0. The van der Waals surface area contributed by atoms with Crippen LogP contribution in [0.5, 0.6) is 0 Å². The highest BCUT2D eigenvalue weighted by Gasteiger charge is 2.64. The smallest absolute Gasteiger partial charge is 0.172 e. The summed E-state index contributed by atoms with van der Waals surface area (Å²) in [5.41, 5.74) is 0.532. The first kappa shape index (κ1) is 9.17. The van der Waals surface area contributed by atoms with Crippen molar-refractivity contribution in [3.8, 4) is 0 Å². The van der Waals surface area contributed by atoms with Crippen molar-refractivity contribution in [2.24, 2.45) is 11.3 Å². The molecule has 1 heterocycles. The van der Waals surface area contributed by atoms with Gasteiger partial charge in [0, 0.05) is 12.3 Å². The molecule has 0 amide bonds. The third kappa shape index (κ3) is 0.938. The SMILES string of the molecule is C[C@H]1OC2(CCC3(C)CCC32)O[C@@H]1C. The molecule has 14 heavy (non-hydrogen) atoms. The van der Waals surface area contributed by atoms with Gasteiger partial charge in [0.15, 0.2) is 5.79 Å². The Hall–Kier alpha value is -0.0800. The van der Waals surface area contributed by atoms with Crippen LogP contribution in [-0.4, -0.2) is 18.0 Å². The van der Waals surface area contributed by atoms with Gasteiger partial charge in [-0.2, -0.15) is 0 Å². The average Bonchev–Trinajstić information content (AvgIpc) is 2.45. The van der Waals surface area contributed by atoms with E-state index in [9.17, 15) is 0 Å². The molecular weight excluding hydrogens is 176 g/mol. The standard InChI is InChI=1S/C12H20O2/c1-8-9(2)14-12(13-8)7-6-11(3)5-4-10(11)12/h8-10H,4-7H2,1-3H3/t8-,9-,10?,11?/m1/s1. The second-order valence-corrected chi connectivity index (χ2v) is 5.70. The van der Waals surface area contributed by atoms with E-state index >= 15 is 0 Å². The van der Waals surface area contributed by atoms with Gasteiger partial charge in [-0.15, -0.1) is 0 Å². The van der Waals surface area contributed by atoms with Crippen LogP contribution < -0.4 is 0 Å². The predicted molar refractivity (Wildman–Crippen MR) is 53.9 cm³/mol. The molecule has 4 atom stereocenters. The molecule has 2 nitrogen and oxygen atoms in total. The van der Waals surface area contributed by atoms with Gasteiger partial charge in [0.05, 0.1) is 12.2 Å². The van der Waals surface area contributed by atoms with Crippen LogP contribution in [0.2, 0.25) is 0 Å². The van der Waals surface area contributed by atoms with Crippen LogP contribution >= 0.6 is 0 Å². The summed E-state index contributed by atoms with van der Waals surface area (Å²) >= 11 is 0. The summed E-state index contributed by atoms with van der Waals surface area (Å²) in [6.45, 7) is 6.66. The fraction of sp³-hybridized carbons (Fsp3) is 1.00. The summed E-state index contributed by atoms with van der Waals surface area (Å²) in [4.78, 5) is 0. The first-order valence-corrected chi connectivity index (χ1v) is 5.91. The zero-order valence-electron chi connectivity index (χ0n) is 9.38. The van der Waals surface area contributed by atoms with E-state index in [1.165, 1.54) is 19.3 Å². The minimum Gasteiger partial charge on any atom is -0.344 e. The second-order valence-electron chi connectivity index (χ2n) is 5.70. The van der Waals surface area contributed by atoms with Crippen molar-refractivity contribution in [1.82, 2.24) is 0 Å². The molecule has 2 unspecified atom stereocenters. The summed E-state index contributed by atoms with van der Waals surface area (Å²) in [6.07, 6.45) is 5.63. The van der Waals surface area contributed by atoms with E-state index in [0.717, 1.165) is 6.42 Å². The summed E-state index contributed by atoms with van der Waals surface area (Å²) in [5, 5.41) is 0. The quantitative estimate of drug-likeness (QED) is 0.593. The van der Waals surface area contributed by atoms with E-state index in [1.54, 1.807) is 0 Å². The largest absolute Gasteiger partial charge is 0.344 e. The lowest BCUT2D eigenvalue weighted by atomic mass is 9.62. The maximum Gasteiger partial charge on any atom is 0.172 e. The van der Waals surface area contributed by atoms with Crippen LogP contribution in [0.4, 0.5) is 0 Å². The van der Waals surface area contributed by atoms with Gasteiger partial charge in [-0.1, -0.05) is 6.92 Å². The number of rotatable bonds is 0. The molecule has 80 valence electrons. The monoisotopic (exact) mass is 196 g/mol. The highest BCUT2D eigenvalue weighted by molar-refractivity contribution is 5.08. The molecule has 1 aliphatic heterocycles. The Labute approximate surface area is 86.0 Å². The molecule has 0 N–H and O–H groups in total. The Morgan fingerprint density at radius 2 is 1.64 bits per heavy atom. The van der Waals surface area contributed by atoms with Gasteiger partial charge in [0.1, 0.15) is 0 Å². The number of fused-ring (bicyclic) bond motifs is 2. The summed E-state index contributed by atoms with van der Waals surface area (Å²) in [6, 6.07) is 0. The van der Waals surface area contributed by atoms with Crippen molar-refractivity contribution in [3.63, 3.8) is 0 Å². The molecule has 0 aromatic heterocycles. The van der Waals surface area contributed by atoms with Gasteiger partial charge < -0.3 is 9.47 Å². The van der Waals surface area contributed by atoms with Crippen molar-refractivity contribution in [1.29, 1.82) is 0 Å². The zero-order chi connectivity index (χ0) is 9.97. The third-order valence-corrected chi connectivity index (χ3v) is 4.85. The van der Waals surface area contributed by atoms with Crippen molar-refractivity contribution in [2.75, 3.05) is 0 Å². The number of hydrogen-bond acceptors (Lipinski definition) is 2. The molecule has 2 heteroatoms. The van der Waals surface area contributed by atoms with E-state index in [4.69, 9.17) is 9.47 Å². The van der Waals surface area contributed by atoms with Crippen LogP contribution in [0.1, 0.15) is 46.5 Å². The van der Waals surface area contributed by atoms with Gasteiger partial charge in [-0.3, -0.25) is 0 Å². The van der Waals surface area contributed by atoms with Gasteiger partial charge >= 0.3 is 0 Å². The van der Waals surface area contributed by atoms with E-state index in [0.29, 0.717) is 11.3 Å². The van der Waals surface area contributed by atoms with Gasteiger partial charge in [-0.25, -0.2) is 0 Å². The molecule has 3 fully saturated rings. The Balaban J connectivity index is 1.86. The minimum atomic E-state index is -0.189. The predicted octanol–water partition coefficient (Wildman–Crippen LogP) is 2.72. The first-order chi connectivity index (χ1) is 6.56. The lowest BCUT2D eigenvalue weighted by molar-refractivity contribution is -0.226. The molecule has 2 aliphatic carbocycles. The molecule has 0 aromatic rings. The zero-order valence-corrected chi connectivity index (χ0v) is 9.38. The lowest BCUT2D eigenvalue weighted by Crippen LogP contribution is -2.46. The molecule has 2 saturated carbocycles. The highest BCUT2D eigenvalue weighted by atomic mass is 16.8. The Kier molecular flexibility index (Phi) is 1.66. The van der Waals surface area contributed by atoms with Gasteiger partial charge in [0.2, 0.25) is 0 Å². The van der Waals surface area contributed by atoms with E-state index in [1.807, 2.05) is 0 Å². The maximum absolute atomic E-state index is 6.10. The topological polar surface area (TPSA) is 18.5 Å². The minimum absolute atomic E-state index is 0.189. The summed E-state index contributed by atoms with van der Waals surface area (Å²) in [5.74, 6) is 0.480. The fourth-order valence-corrected chi connectivity index (χ4v) is 3.60. The molecular formula is C12H20O2. The van der Waals surface area contributed by atoms with E-state index in [-0.39, 0.29) is 18.0 Å². The maximum atomic E-state index is 6.10. The summed E-state index contributed by atoms with van der Waals surface area (Å²) < 4.78 is 12.2. The molecule has 0 radical (unpaired) electrons. The normalized spacial score (nSPS) is 54.6. The van der Waals surface area contributed by atoms with Crippen molar-refractivity contribution in [3.05, 3.63) is 0 Å². The van der Waals surface area contributed by atoms with Gasteiger partial charge in [0.25, 0.3) is 0 Å². The Morgan fingerprint density at radius 1 is 1.00 bits per heavy atom. The number of ether oxygens (including phenoxy) is 2. The van der Waals surface area contributed by atoms with E-state index in [2.05, 4.69) is 20.8 Å². The molecule has 3 aliphatic rings. The molecule has 1 saturated heterocycles. The molecule has 0 bridgehead atoms. The van der Waals surface area contributed by atoms with Crippen LogP contribution in [0, 0.1) is 11.3 Å². The average molecular weight is 196 g/mol. The van der Waals surface area contributed by atoms with Crippen molar-refractivity contribution >= 4 is 0 Å². The van der Waals surface area contributed by atoms with Gasteiger partial charge in [-0.05, 0) is 38.5 Å².